The van der Waals surface area contributed by atoms with Crippen LogP contribution in [-0.2, 0) is 16.8 Å². The zero-order valence-electron chi connectivity index (χ0n) is 12.2. The summed E-state index contributed by atoms with van der Waals surface area (Å²) in [7, 11) is 0. The van der Waals surface area contributed by atoms with Crippen LogP contribution in [0.25, 0.3) is 0 Å². The fourth-order valence-electron chi connectivity index (χ4n) is 2.30. The minimum atomic E-state index is -0.567. The molecule has 0 aromatic heterocycles. The Morgan fingerprint density at radius 1 is 1.05 bits per heavy atom. The summed E-state index contributed by atoms with van der Waals surface area (Å²) in [6, 6.07) is 17.2. The molecule has 0 heterocycles. The predicted molar refractivity (Wildman–Crippen MR) is 93.4 cm³/mol. The maximum absolute atomic E-state index is 14.0. The number of alkyl halides is 1. The lowest BCUT2D eigenvalue weighted by atomic mass is 9.97. The Morgan fingerprint density at radius 3 is 2.38 bits per heavy atom. The highest BCUT2D eigenvalue weighted by Crippen LogP contribution is 2.30. The fraction of sp³-hybridized carbons (Fsp3) is 0.333. The van der Waals surface area contributed by atoms with Gasteiger partial charge in [0, 0.05) is 16.6 Å². The standard InChI is InChI=1S/C18H20FIO/c1-18(14-20,16-11-5-6-12-17(16)19)21-13-7-10-15-8-3-2-4-9-15/h2-6,8-9,11-12H,7,10,13-14H2,1H3. The van der Waals surface area contributed by atoms with E-state index >= 15 is 0 Å². The number of hydrogen-bond donors (Lipinski definition) is 0. The van der Waals surface area contributed by atoms with Crippen molar-refractivity contribution in [2.45, 2.75) is 25.4 Å². The molecule has 0 aliphatic rings. The first-order valence-electron chi connectivity index (χ1n) is 7.14. The third kappa shape index (κ3) is 4.51. The summed E-state index contributed by atoms with van der Waals surface area (Å²) in [5.41, 5.74) is 1.38. The summed E-state index contributed by atoms with van der Waals surface area (Å²) in [4.78, 5) is 0. The lowest BCUT2D eigenvalue weighted by Crippen LogP contribution is -2.29. The number of rotatable bonds is 7. The molecule has 0 saturated heterocycles. The van der Waals surface area contributed by atoms with Crippen LogP contribution in [0.5, 0.6) is 0 Å². The van der Waals surface area contributed by atoms with Gasteiger partial charge in [-0.15, -0.1) is 0 Å². The lowest BCUT2D eigenvalue weighted by molar-refractivity contribution is -0.0188. The summed E-state index contributed by atoms with van der Waals surface area (Å²) >= 11 is 2.26. The van der Waals surface area contributed by atoms with Crippen LogP contribution in [-0.4, -0.2) is 11.0 Å². The monoisotopic (exact) mass is 398 g/mol. The molecule has 2 rings (SSSR count). The third-order valence-electron chi connectivity index (χ3n) is 3.57. The molecule has 0 fully saturated rings. The quantitative estimate of drug-likeness (QED) is 0.357. The maximum atomic E-state index is 14.0. The summed E-state index contributed by atoms with van der Waals surface area (Å²) in [5, 5.41) is 0. The molecule has 0 aliphatic carbocycles. The molecule has 0 bridgehead atoms. The second kappa shape index (κ2) is 7.90. The van der Waals surface area contributed by atoms with E-state index < -0.39 is 5.60 Å². The van der Waals surface area contributed by atoms with Gasteiger partial charge >= 0.3 is 0 Å². The third-order valence-corrected chi connectivity index (χ3v) is 5.03. The largest absolute Gasteiger partial charge is 0.370 e. The number of ether oxygens (including phenoxy) is 1. The van der Waals surface area contributed by atoms with E-state index in [1.807, 2.05) is 37.3 Å². The van der Waals surface area contributed by atoms with Crippen molar-refractivity contribution in [1.29, 1.82) is 0 Å². The molecule has 3 heteroatoms. The molecular formula is C18H20FIO. The van der Waals surface area contributed by atoms with Gasteiger partial charge in [-0.05, 0) is 31.4 Å². The first kappa shape index (κ1) is 16.4. The van der Waals surface area contributed by atoms with Gasteiger partial charge in [0.2, 0.25) is 0 Å². The van der Waals surface area contributed by atoms with Crippen LogP contribution in [0, 0.1) is 5.82 Å². The average Bonchev–Trinajstić information content (AvgIpc) is 2.53. The van der Waals surface area contributed by atoms with Crippen LogP contribution >= 0.6 is 22.6 Å². The van der Waals surface area contributed by atoms with Gasteiger partial charge in [-0.25, -0.2) is 4.39 Å². The van der Waals surface area contributed by atoms with E-state index in [9.17, 15) is 4.39 Å². The highest BCUT2D eigenvalue weighted by atomic mass is 127. The lowest BCUT2D eigenvalue weighted by Gasteiger charge is -2.29. The van der Waals surface area contributed by atoms with Crippen molar-refractivity contribution in [3.8, 4) is 0 Å². The van der Waals surface area contributed by atoms with Crippen molar-refractivity contribution in [2.75, 3.05) is 11.0 Å². The van der Waals surface area contributed by atoms with Crippen LogP contribution in [0.1, 0.15) is 24.5 Å². The maximum Gasteiger partial charge on any atom is 0.129 e. The topological polar surface area (TPSA) is 9.23 Å². The number of halogens is 2. The first-order chi connectivity index (χ1) is 10.2. The Balaban J connectivity index is 1.92. The van der Waals surface area contributed by atoms with Crippen LogP contribution in [0.2, 0.25) is 0 Å². The molecule has 1 nitrogen and oxygen atoms in total. The molecule has 0 spiro atoms. The molecular weight excluding hydrogens is 378 g/mol. The van der Waals surface area contributed by atoms with Crippen molar-refractivity contribution in [2.24, 2.45) is 0 Å². The number of aryl methyl sites for hydroxylation is 1. The van der Waals surface area contributed by atoms with Crippen LogP contribution < -0.4 is 0 Å². The van der Waals surface area contributed by atoms with Crippen molar-refractivity contribution in [1.82, 2.24) is 0 Å². The van der Waals surface area contributed by atoms with Gasteiger partial charge in [0.1, 0.15) is 11.4 Å². The molecule has 112 valence electrons. The van der Waals surface area contributed by atoms with Gasteiger partial charge in [-0.2, -0.15) is 0 Å². The molecule has 0 radical (unpaired) electrons. The van der Waals surface area contributed by atoms with Gasteiger partial charge < -0.3 is 4.74 Å². The van der Waals surface area contributed by atoms with Gasteiger partial charge in [0.15, 0.2) is 0 Å². The van der Waals surface area contributed by atoms with E-state index in [0.717, 1.165) is 17.3 Å². The molecule has 0 saturated carbocycles. The van der Waals surface area contributed by atoms with Crippen molar-refractivity contribution >= 4 is 22.6 Å². The fourth-order valence-corrected chi connectivity index (χ4v) is 2.93. The summed E-state index contributed by atoms with van der Waals surface area (Å²) in [5.74, 6) is -0.195. The van der Waals surface area contributed by atoms with Crippen LogP contribution in [0.3, 0.4) is 0 Å². The van der Waals surface area contributed by atoms with Crippen LogP contribution in [0.4, 0.5) is 4.39 Å². The molecule has 0 amide bonds. The Labute approximate surface area is 139 Å². The van der Waals surface area contributed by atoms with Gasteiger partial charge in [0.25, 0.3) is 0 Å². The number of hydrogen-bond acceptors (Lipinski definition) is 1. The Bertz CT molecular complexity index is 558. The average molecular weight is 398 g/mol. The van der Waals surface area contributed by atoms with Crippen LogP contribution in [0.15, 0.2) is 54.6 Å². The highest BCUT2D eigenvalue weighted by Gasteiger charge is 2.28. The molecule has 0 N–H and O–H groups in total. The Hall–Kier alpha value is -0.940. The zero-order chi connectivity index (χ0) is 15.1. The summed E-state index contributed by atoms with van der Waals surface area (Å²) < 4.78 is 20.7. The molecule has 0 aliphatic heterocycles. The normalized spacial score (nSPS) is 13.9. The summed E-state index contributed by atoms with van der Waals surface area (Å²) in [6.45, 7) is 2.59. The molecule has 2 aromatic rings. The van der Waals surface area contributed by atoms with E-state index in [0.29, 0.717) is 12.2 Å². The molecule has 2 aromatic carbocycles. The van der Waals surface area contributed by atoms with E-state index in [-0.39, 0.29) is 5.82 Å². The van der Waals surface area contributed by atoms with Gasteiger partial charge in [-0.1, -0.05) is 71.1 Å². The number of benzene rings is 2. The van der Waals surface area contributed by atoms with Gasteiger partial charge in [0.05, 0.1) is 0 Å². The predicted octanol–water partition coefficient (Wildman–Crippen LogP) is 5.13. The van der Waals surface area contributed by atoms with Gasteiger partial charge in [-0.3, -0.25) is 0 Å². The summed E-state index contributed by atoms with van der Waals surface area (Å²) in [6.07, 6.45) is 1.92. The van der Waals surface area contributed by atoms with Crippen molar-refractivity contribution in [3.05, 3.63) is 71.5 Å². The van der Waals surface area contributed by atoms with E-state index in [2.05, 4.69) is 34.7 Å². The first-order valence-corrected chi connectivity index (χ1v) is 8.67. The van der Waals surface area contributed by atoms with E-state index in [1.165, 1.54) is 11.6 Å². The minimum Gasteiger partial charge on any atom is -0.370 e. The second-order valence-corrected chi connectivity index (χ2v) is 6.04. The van der Waals surface area contributed by atoms with E-state index in [1.54, 1.807) is 6.07 Å². The van der Waals surface area contributed by atoms with Crippen molar-refractivity contribution < 1.29 is 9.13 Å². The molecule has 21 heavy (non-hydrogen) atoms. The smallest absolute Gasteiger partial charge is 0.129 e. The Kier molecular flexibility index (Phi) is 6.18. The minimum absolute atomic E-state index is 0.195. The SMILES string of the molecule is CC(CI)(OCCCc1ccccc1)c1ccccc1F. The molecule has 1 unspecified atom stereocenters. The zero-order valence-corrected chi connectivity index (χ0v) is 14.3. The molecule has 1 atom stereocenters. The highest BCUT2D eigenvalue weighted by molar-refractivity contribution is 14.1. The second-order valence-electron chi connectivity index (χ2n) is 5.28. The van der Waals surface area contributed by atoms with E-state index in [4.69, 9.17) is 4.74 Å². The van der Waals surface area contributed by atoms with Crippen molar-refractivity contribution in [3.63, 3.8) is 0 Å². The Morgan fingerprint density at radius 2 is 1.71 bits per heavy atom.